The van der Waals surface area contributed by atoms with Crippen LogP contribution < -0.4 is 0 Å². The lowest BCUT2D eigenvalue weighted by molar-refractivity contribution is -0.127. The maximum absolute atomic E-state index is 12.2. The Morgan fingerprint density at radius 1 is 1.17 bits per heavy atom. The molecule has 0 saturated heterocycles. The molecule has 2 rings (SSSR count). The van der Waals surface area contributed by atoms with E-state index in [0.29, 0.717) is 23.6 Å². The van der Waals surface area contributed by atoms with Crippen LogP contribution in [0, 0.1) is 18.3 Å². The monoisotopic (exact) mass is 324 g/mol. The largest absolute Gasteiger partial charge is 0.341 e. The van der Waals surface area contributed by atoms with Crippen LogP contribution in [0.4, 0.5) is 0 Å². The first-order chi connectivity index (χ1) is 11.1. The lowest BCUT2D eigenvalue weighted by Crippen LogP contribution is -2.27. The topological polar surface area (TPSA) is 44.1 Å². The Morgan fingerprint density at radius 3 is 2.57 bits per heavy atom. The summed E-state index contributed by atoms with van der Waals surface area (Å²) in [7, 11) is 1.83. The molecule has 0 fully saturated rings. The van der Waals surface area contributed by atoms with Crippen LogP contribution in [0.5, 0.6) is 0 Å². The molecule has 3 nitrogen and oxygen atoms in total. The molecule has 4 heteroatoms. The minimum Gasteiger partial charge on any atom is -0.341 e. The van der Waals surface area contributed by atoms with E-state index in [1.807, 2.05) is 32.2 Å². The van der Waals surface area contributed by atoms with E-state index in [1.165, 1.54) is 5.56 Å². The lowest BCUT2D eigenvalue weighted by atomic mass is 10.1. The fourth-order valence-electron chi connectivity index (χ4n) is 2.17. The van der Waals surface area contributed by atoms with Gasteiger partial charge in [-0.15, -0.1) is 11.8 Å². The van der Waals surface area contributed by atoms with Gasteiger partial charge in [-0.1, -0.05) is 48.0 Å². The van der Waals surface area contributed by atoms with Crippen LogP contribution in [0.1, 0.15) is 22.3 Å². The van der Waals surface area contributed by atoms with Crippen LogP contribution in [-0.4, -0.2) is 23.6 Å². The summed E-state index contributed by atoms with van der Waals surface area (Å²) in [6.45, 7) is 2.67. The number of benzene rings is 2. The zero-order valence-corrected chi connectivity index (χ0v) is 14.3. The normalized spacial score (nSPS) is 10.1. The molecule has 2 aromatic carbocycles. The Balaban J connectivity index is 1.82. The predicted molar refractivity (Wildman–Crippen MR) is 95.0 cm³/mol. The molecule has 0 unspecified atom stereocenters. The number of nitrogens with zero attached hydrogens (tertiary/aromatic N) is 2. The number of nitriles is 1. The molecule has 0 saturated carbocycles. The van der Waals surface area contributed by atoms with E-state index in [2.05, 4.69) is 30.3 Å². The first-order valence-electron chi connectivity index (χ1n) is 7.45. The summed E-state index contributed by atoms with van der Waals surface area (Å²) in [4.78, 5) is 13.9. The molecule has 0 radical (unpaired) electrons. The Morgan fingerprint density at radius 2 is 1.87 bits per heavy atom. The zero-order chi connectivity index (χ0) is 16.7. The van der Waals surface area contributed by atoms with Crippen molar-refractivity contribution in [1.29, 1.82) is 5.26 Å². The van der Waals surface area contributed by atoms with Crippen molar-refractivity contribution in [3.05, 3.63) is 70.8 Å². The quantitative estimate of drug-likeness (QED) is 0.812. The van der Waals surface area contributed by atoms with Gasteiger partial charge < -0.3 is 4.90 Å². The van der Waals surface area contributed by atoms with Crippen molar-refractivity contribution in [2.45, 2.75) is 19.2 Å². The maximum Gasteiger partial charge on any atom is 0.232 e. The summed E-state index contributed by atoms with van der Waals surface area (Å²) in [5.41, 5.74) is 4.01. The third-order valence-electron chi connectivity index (χ3n) is 3.59. The summed E-state index contributed by atoms with van der Waals surface area (Å²) in [6.07, 6.45) is 0. The van der Waals surface area contributed by atoms with E-state index < -0.39 is 0 Å². The van der Waals surface area contributed by atoms with Gasteiger partial charge in [-0.05, 0) is 24.1 Å². The molecule has 0 aromatic heterocycles. The Bertz CT molecular complexity index is 704. The van der Waals surface area contributed by atoms with Crippen molar-refractivity contribution in [3.63, 3.8) is 0 Å². The van der Waals surface area contributed by atoms with Gasteiger partial charge in [0.15, 0.2) is 0 Å². The highest BCUT2D eigenvalue weighted by atomic mass is 32.2. The molecule has 0 spiro atoms. The Kier molecular flexibility index (Phi) is 6.25. The molecule has 1 amide bonds. The molecule has 0 aliphatic heterocycles. The van der Waals surface area contributed by atoms with E-state index in [0.717, 1.165) is 11.1 Å². The molecule has 118 valence electrons. The van der Waals surface area contributed by atoms with Gasteiger partial charge >= 0.3 is 0 Å². The second-order valence-corrected chi connectivity index (χ2v) is 6.48. The van der Waals surface area contributed by atoms with Crippen LogP contribution in [0.25, 0.3) is 0 Å². The summed E-state index contributed by atoms with van der Waals surface area (Å²) in [6, 6.07) is 17.9. The molecule has 0 aliphatic rings. The summed E-state index contributed by atoms with van der Waals surface area (Å²) in [5.74, 6) is 1.20. The van der Waals surface area contributed by atoms with Gasteiger partial charge in [-0.3, -0.25) is 4.79 Å². The first-order valence-corrected chi connectivity index (χ1v) is 8.61. The highest BCUT2D eigenvalue weighted by Gasteiger charge is 2.10. The van der Waals surface area contributed by atoms with Crippen molar-refractivity contribution in [2.24, 2.45) is 0 Å². The van der Waals surface area contributed by atoms with Crippen LogP contribution >= 0.6 is 11.8 Å². The molecule has 0 atom stereocenters. The molecule has 0 N–H and O–H groups in total. The summed E-state index contributed by atoms with van der Waals surface area (Å²) >= 11 is 1.54. The number of hydrogen-bond acceptors (Lipinski definition) is 3. The molecule has 23 heavy (non-hydrogen) atoms. The fraction of sp³-hybridized carbons (Fsp3) is 0.263. The number of rotatable bonds is 6. The summed E-state index contributed by atoms with van der Waals surface area (Å²) < 4.78 is 0. The fourth-order valence-corrected chi connectivity index (χ4v) is 3.14. The van der Waals surface area contributed by atoms with Gasteiger partial charge in [0.25, 0.3) is 0 Å². The lowest BCUT2D eigenvalue weighted by Gasteiger charge is -2.17. The Hall–Kier alpha value is -2.25. The third kappa shape index (κ3) is 5.15. The highest BCUT2D eigenvalue weighted by molar-refractivity contribution is 7.99. The minimum atomic E-state index is 0.102. The number of thioether (sulfide) groups is 1. The van der Waals surface area contributed by atoms with E-state index in [4.69, 9.17) is 5.26 Å². The third-order valence-corrected chi connectivity index (χ3v) is 4.55. The standard InChI is InChI=1S/C19H20N2OS/c1-15-7-9-16(10-8-15)12-21(2)19(22)14-23-13-18-6-4-3-5-17(18)11-20/h3-10H,12-14H2,1-2H3. The van der Waals surface area contributed by atoms with Gasteiger partial charge in [0.05, 0.1) is 17.4 Å². The average molecular weight is 324 g/mol. The van der Waals surface area contributed by atoms with Gasteiger partial charge in [0.1, 0.15) is 0 Å². The van der Waals surface area contributed by atoms with Crippen LogP contribution in [0.3, 0.4) is 0 Å². The minimum absolute atomic E-state index is 0.102. The molecular formula is C19H20N2OS. The molecular weight excluding hydrogens is 304 g/mol. The van der Waals surface area contributed by atoms with Crippen molar-refractivity contribution in [1.82, 2.24) is 4.90 Å². The SMILES string of the molecule is Cc1ccc(CN(C)C(=O)CSCc2ccccc2C#N)cc1. The van der Waals surface area contributed by atoms with E-state index in [-0.39, 0.29) is 5.91 Å². The van der Waals surface area contributed by atoms with Crippen molar-refractivity contribution in [3.8, 4) is 6.07 Å². The van der Waals surface area contributed by atoms with Gasteiger partial charge in [0.2, 0.25) is 5.91 Å². The molecule has 0 bridgehead atoms. The van der Waals surface area contributed by atoms with Crippen LogP contribution in [0.2, 0.25) is 0 Å². The number of hydrogen-bond donors (Lipinski definition) is 0. The van der Waals surface area contributed by atoms with Crippen molar-refractivity contribution >= 4 is 17.7 Å². The molecule has 2 aromatic rings. The van der Waals surface area contributed by atoms with Gasteiger partial charge in [0, 0.05) is 19.3 Å². The number of aryl methyl sites for hydroxylation is 1. The predicted octanol–water partition coefficient (Wildman–Crippen LogP) is 3.76. The second-order valence-electron chi connectivity index (χ2n) is 5.50. The zero-order valence-electron chi connectivity index (χ0n) is 13.5. The second kappa shape index (κ2) is 8.40. The first kappa shape index (κ1) is 17.1. The number of carbonyl (C=O) groups is 1. The van der Waals surface area contributed by atoms with Crippen LogP contribution in [-0.2, 0) is 17.1 Å². The Labute approximate surface area is 141 Å². The average Bonchev–Trinajstić information content (AvgIpc) is 2.57. The smallest absolute Gasteiger partial charge is 0.232 e. The summed E-state index contributed by atoms with van der Waals surface area (Å²) in [5, 5.41) is 9.06. The van der Waals surface area contributed by atoms with Gasteiger partial charge in [-0.2, -0.15) is 5.26 Å². The van der Waals surface area contributed by atoms with Crippen molar-refractivity contribution < 1.29 is 4.79 Å². The number of carbonyl (C=O) groups excluding carboxylic acids is 1. The maximum atomic E-state index is 12.2. The van der Waals surface area contributed by atoms with E-state index in [9.17, 15) is 4.79 Å². The molecule has 0 aliphatic carbocycles. The van der Waals surface area contributed by atoms with E-state index >= 15 is 0 Å². The number of amides is 1. The highest BCUT2D eigenvalue weighted by Crippen LogP contribution is 2.16. The van der Waals surface area contributed by atoms with Crippen LogP contribution in [0.15, 0.2) is 48.5 Å². The van der Waals surface area contributed by atoms with E-state index in [1.54, 1.807) is 22.7 Å². The van der Waals surface area contributed by atoms with Gasteiger partial charge in [-0.25, -0.2) is 0 Å². The molecule has 0 heterocycles. The van der Waals surface area contributed by atoms with Crippen molar-refractivity contribution in [2.75, 3.05) is 12.8 Å².